The number of hydrogen-bond acceptors (Lipinski definition) is 4. The molecule has 0 amide bonds. The number of rotatable bonds is 1. The zero-order valence-electron chi connectivity index (χ0n) is 12.8. The maximum atomic E-state index is 11.7. The number of esters is 2. The number of carbonyl (C=O) groups excluding carboxylic acids is 2. The Labute approximate surface area is 134 Å². The second-order valence-corrected chi connectivity index (χ2v) is 5.49. The molecule has 0 radical (unpaired) electrons. The molecule has 3 rings (SSSR count). The fraction of sp³-hybridized carbons (Fsp3) is 0.263. The van der Waals surface area contributed by atoms with E-state index >= 15 is 0 Å². The van der Waals surface area contributed by atoms with E-state index in [4.69, 9.17) is 9.47 Å². The summed E-state index contributed by atoms with van der Waals surface area (Å²) in [5.41, 5.74) is 1.81. The zero-order chi connectivity index (χ0) is 16.1. The van der Waals surface area contributed by atoms with Gasteiger partial charge in [0.1, 0.15) is 13.2 Å². The molecular weight excluding hydrogens is 292 g/mol. The van der Waals surface area contributed by atoms with Crippen molar-refractivity contribution in [2.24, 2.45) is 0 Å². The van der Waals surface area contributed by atoms with Gasteiger partial charge in [-0.2, -0.15) is 0 Å². The summed E-state index contributed by atoms with van der Waals surface area (Å²) in [5, 5.41) is 2.26. The Morgan fingerprint density at radius 3 is 2.39 bits per heavy atom. The normalized spacial score (nSPS) is 19.2. The minimum absolute atomic E-state index is 0.189. The minimum Gasteiger partial charge on any atom is -0.461 e. The highest BCUT2D eigenvalue weighted by Gasteiger charge is 2.12. The van der Waals surface area contributed by atoms with Gasteiger partial charge in [0.05, 0.1) is 0 Å². The zero-order valence-corrected chi connectivity index (χ0v) is 12.8. The fourth-order valence-corrected chi connectivity index (χ4v) is 2.56. The van der Waals surface area contributed by atoms with Crippen LogP contribution >= 0.6 is 0 Å². The summed E-state index contributed by atoms with van der Waals surface area (Å²) in [7, 11) is 0. The van der Waals surface area contributed by atoms with Gasteiger partial charge in [0.2, 0.25) is 0 Å². The molecule has 1 heterocycles. The van der Waals surface area contributed by atoms with Crippen LogP contribution in [0, 0.1) is 0 Å². The maximum absolute atomic E-state index is 11.7. The van der Waals surface area contributed by atoms with E-state index in [1.807, 2.05) is 36.4 Å². The Kier molecular flexibility index (Phi) is 4.71. The van der Waals surface area contributed by atoms with Crippen LogP contribution in [0.4, 0.5) is 0 Å². The number of ether oxygens (including phenoxy) is 2. The van der Waals surface area contributed by atoms with Crippen LogP contribution in [0.3, 0.4) is 0 Å². The van der Waals surface area contributed by atoms with Crippen molar-refractivity contribution in [3.8, 4) is 0 Å². The summed E-state index contributed by atoms with van der Waals surface area (Å²) in [6.45, 7) is 0.382. The van der Waals surface area contributed by atoms with E-state index in [-0.39, 0.29) is 38.0 Å². The second kappa shape index (κ2) is 7.09. The van der Waals surface area contributed by atoms with E-state index in [1.165, 1.54) is 0 Å². The van der Waals surface area contributed by atoms with Gasteiger partial charge in [-0.05, 0) is 40.5 Å². The molecule has 0 fully saturated rings. The standard InChI is InChI=1S/C19H18O4/c20-18-6-3-7-19(21)23-13-17(10-11-22-18)16-9-8-14-4-1-2-5-15(14)12-16/h1-2,4-5,8-10,12H,3,6-7,11,13H2/b17-10+. The van der Waals surface area contributed by atoms with Crippen LogP contribution in [0.1, 0.15) is 24.8 Å². The fourth-order valence-electron chi connectivity index (χ4n) is 2.56. The molecule has 4 nitrogen and oxygen atoms in total. The molecular formula is C19H18O4. The molecule has 2 aromatic rings. The van der Waals surface area contributed by atoms with Gasteiger partial charge in [-0.3, -0.25) is 9.59 Å². The van der Waals surface area contributed by atoms with Crippen molar-refractivity contribution in [1.29, 1.82) is 0 Å². The molecule has 0 N–H and O–H groups in total. The van der Waals surface area contributed by atoms with Crippen molar-refractivity contribution in [3.05, 3.63) is 54.1 Å². The van der Waals surface area contributed by atoms with Crippen LogP contribution < -0.4 is 0 Å². The molecule has 0 aromatic heterocycles. The SMILES string of the molecule is O=C1CCCC(=O)OC/C(c2ccc3ccccc3c2)=C\CO1. The van der Waals surface area contributed by atoms with Crippen molar-refractivity contribution in [2.45, 2.75) is 19.3 Å². The van der Waals surface area contributed by atoms with E-state index in [2.05, 4.69) is 6.07 Å². The molecule has 23 heavy (non-hydrogen) atoms. The number of carbonyl (C=O) groups is 2. The molecule has 118 valence electrons. The topological polar surface area (TPSA) is 52.6 Å². The van der Waals surface area contributed by atoms with E-state index in [9.17, 15) is 9.59 Å². The number of cyclic esters (lactones) is 2. The van der Waals surface area contributed by atoms with Crippen molar-refractivity contribution in [3.63, 3.8) is 0 Å². The first-order valence-electron chi connectivity index (χ1n) is 7.72. The summed E-state index contributed by atoms with van der Waals surface area (Å²) < 4.78 is 10.5. The first-order chi connectivity index (χ1) is 11.2. The number of benzene rings is 2. The van der Waals surface area contributed by atoms with Crippen molar-refractivity contribution in [2.75, 3.05) is 13.2 Å². The van der Waals surface area contributed by atoms with Gasteiger partial charge >= 0.3 is 11.9 Å². The van der Waals surface area contributed by atoms with Crippen molar-refractivity contribution in [1.82, 2.24) is 0 Å². The predicted octanol–water partition coefficient (Wildman–Crippen LogP) is 3.49. The van der Waals surface area contributed by atoms with Gasteiger partial charge < -0.3 is 9.47 Å². The quantitative estimate of drug-likeness (QED) is 0.757. The molecule has 0 saturated carbocycles. The van der Waals surface area contributed by atoms with Gasteiger partial charge in [-0.1, -0.05) is 36.4 Å². The maximum Gasteiger partial charge on any atom is 0.306 e. The highest BCUT2D eigenvalue weighted by Crippen LogP contribution is 2.22. The number of fused-ring (bicyclic) bond motifs is 1. The lowest BCUT2D eigenvalue weighted by Crippen LogP contribution is -2.07. The molecule has 4 heteroatoms. The summed E-state index contributed by atoms with van der Waals surface area (Å²) in [6, 6.07) is 14.1. The van der Waals surface area contributed by atoms with Crippen molar-refractivity contribution >= 4 is 28.3 Å². The van der Waals surface area contributed by atoms with E-state index < -0.39 is 0 Å². The van der Waals surface area contributed by atoms with Gasteiger partial charge in [0.25, 0.3) is 0 Å². The molecule has 0 atom stereocenters. The van der Waals surface area contributed by atoms with Crippen LogP contribution in [0.25, 0.3) is 16.3 Å². The second-order valence-electron chi connectivity index (χ2n) is 5.49. The molecule has 1 aliphatic rings. The van der Waals surface area contributed by atoms with Crippen LogP contribution in [0.15, 0.2) is 48.5 Å². The Bertz CT molecular complexity index is 761. The van der Waals surface area contributed by atoms with Crippen LogP contribution in [-0.2, 0) is 19.1 Å². The summed E-state index contributed by atoms with van der Waals surface area (Å²) in [4.78, 5) is 23.2. The lowest BCUT2D eigenvalue weighted by atomic mass is 10.0. The van der Waals surface area contributed by atoms with Gasteiger partial charge in [0.15, 0.2) is 0 Å². The highest BCUT2D eigenvalue weighted by molar-refractivity contribution is 5.86. The molecule has 0 spiro atoms. The highest BCUT2D eigenvalue weighted by atomic mass is 16.5. The van der Waals surface area contributed by atoms with Gasteiger partial charge in [0, 0.05) is 12.8 Å². The third-order valence-electron chi connectivity index (χ3n) is 3.84. The van der Waals surface area contributed by atoms with E-state index in [0.717, 1.165) is 21.9 Å². The Balaban J connectivity index is 1.88. The van der Waals surface area contributed by atoms with E-state index in [0.29, 0.717) is 6.42 Å². The minimum atomic E-state index is -0.286. The van der Waals surface area contributed by atoms with E-state index in [1.54, 1.807) is 6.08 Å². The van der Waals surface area contributed by atoms with Gasteiger partial charge in [-0.25, -0.2) is 0 Å². The summed E-state index contributed by atoms with van der Waals surface area (Å²) in [6.07, 6.45) is 2.75. The summed E-state index contributed by atoms with van der Waals surface area (Å²) >= 11 is 0. The third kappa shape index (κ3) is 3.97. The Hall–Kier alpha value is -2.62. The molecule has 2 aromatic carbocycles. The monoisotopic (exact) mass is 310 g/mol. The molecule has 0 saturated heterocycles. The van der Waals surface area contributed by atoms with Crippen LogP contribution in [0.2, 0.25) is 0 Å². The van der Waals surface area contributed by atoms with Crippen LogP contribution in [0.5, 0.6) is 0 Å². The molecule has 0 bridgehead atoms. The third-order valence-corrected chi connectivity index (χ3v) is 3.84. The largest absolute Gasteiger partial charge is 0.461 e. The number of hydrogen-bond donors (Lipinski definition) is 0. The predicted molar refractivity (Wildman–Crippen MR) is 87.7 cm³/mol. The van der Waals surface area contributed by atoms with Gasteiger partial charge in [-0.15, -0.1) is 0 Å². The first kappa shape index (κ1) is 15.3. The van der Waals surface area contributed by atoms with Crippen LogP contribution in [-0.4, -0.2) is 25.2 Å². The smallest absolute Gasteiger partial charge is 0.306 e. The molecule has 1 aliphatic heterocycles. The Morgan fingerprint density at radius 1 is 0.826 bits per heavy atom. The first-order valence-corrected chi connectivity index (χ1v) is 7.72. The average molecular weight is 310 g/mol. The lowest BCUT2D eigenvalue weighted by molar-refractivity contribution is -0.143. The summed E-state index contributed by atoms with van der Waals surface area (Å²) in [5.74, 6) is -0.569. The lowest BCUT2D eigenvalue weighted by Gasteiger charge is -2.10. The van der Waals surface area contributed by atoms with Crippen molar-refractivity contribution < 1.29 is 19.1 Å². The average Bonchev–Trinajstić information content (AvgIpc) is 2.60. The Morgan fingerprint density at radius 2 is 1.57 bits per heavy atom. The molecule has 0 unspecified atom stereocenters. The molecule has 0 aliphatic carbocycles.